The van der Waals surface area contributed by atoms with Crippen LogP contribution in [0, 0.1) is 0 Å². The number of urea groups is 1. The number of carbonyl (C=O) groups is 3. The van der Waals surface area contributed by atoms with Crippen LogP contribution in [0.15, 0.2) is 65.7 Å². The Bertz CT molecular complexity index is 928. The monoisotopic (exact) mass is 438 g/mol. The average Bonchev–Trinajstić information content (AvgIpc) is 2.83. The molecule has 0 aliphatic carbocycles. The summed E-state index contributed by atoms with van der Waals surface area (Å²) < 4.78 is 10.2. The highest BCUT2D eigenvalue weighted by molar-refractivity contribution is 6.04. The van der Waals surface area contributed by atoms with Gasteiger partial charge in [0, 0.05) is 13.1 Å². The minimum Gasteiger partial charge on any atom is -0.444 e. The van der Waals surface area contributed by atoms with E-state index >= 15 is 0 Å². The van der Waals surface area contributed by atoms with E-state index in [9.17, 15) is 14.4 Å². The second kappa shape index (κ2) is 12.1. The predicted octanol–water partition coefficient (Wildman–Crippen LogP) is 3.80. The minimum absolute atomic E-state index is 0.0266. The Morgan fingerprint density at radius 1 is 0.781 bits per heavy atom. The molecule has 0 bridgehead atoms. The molecule has 1 aliphatic heterocycles. The number of guanidine groups is 1. The largest absolute Gasteiger partial charge is 0.444 e. The van der Waals surface area contributed by atoms with Crippen molar-refractivity contribution in [2.75, 3.05) is 13.1 Å². The van der Waals surface area contributed by atoms with Crippen molar-refractivity contribution in [3.8, 4) is 0 Å². The van der Waals surface area contributed by atoms with Crippen LogP contribution < -0.4 is 10.6 Å². The van der Waals surface area contributed by atoms with E-state index < -0.39 is 18.2 Å². The lowest BCUT2D eigenvalue weighted by Gasteiger charge is -2.29. The fraction of sp³-hybridized carbons (Fsp3) is 0.304. The van der Waals surface area contributed by atoms with E-state index in [1.165, 1.54) is 0 Å². The van der Waals surface area contributed by atoms with Gasteiger partial charge in [-0.3, -0.25) is 5.32 Å². The quantitative estimate of drug-likeness (QED) is 0.555. The summed E-state index contributed by atoms with van der Waals surface area (Å²) in [6.07, 6.45) is 1.12. The van der Waals surface area contributed by atoms with Crippen LogP contribution in [0.3, 0.4) is 0 Å². The molecule has 32 heavy (non-hydrogen) atoms. The molecule has 9 nitrogen and oxygen atoms in total. The molecule has 0 atom stereocenters. The van der Waals surface area contributed by atoms with Gasteiger partial charge < -0.3 is 14.4 Å². The van der Waals surface area contributed by atoms with Crippen LogP contribution in [-0.4, -0.2) is 42.2 Å². The van der Waals surface area contributed by atoms with Crippen molar-refractivity contribution >= 4 is 24.2 Å². The van der Waals surface area contributed by atoms with Crippen LogP contribution in [0.1, 0.15) is 30.4 Å². The van der Waals surface area contributed by atoms with Crippen molar-refractivity contribution in [2.45, 2.75) is 32.5 Å². The number of hydrogen-bond donors (Lipinski definition) is 2. The maximum atomic E-state index is 12.3. The Kier molecular flexibility index (Phi) is 8.61. The molecule has 168 valence electrons. The number of benzene rings is 2. The lowest BCUT2D eigenvalue weighted by Crippen LogP contribution is -2.51. The van der Waals surface area contributed by atoms with Crippen molar-refractivity contribution in [1.29, 1.82) is 0 Å². The SMILES string of the molecule is O=C(NC(=O)OCc1ccccc1)N/C(=N/C(=O)OCc1ccccc1)N1CCCCC1. The third-order valence-electron chi connectivity index (χ3n) is 4.71. The number of amides is 4. The number of hydrogen-bond acceptors (Lipinski definition) is 5. The fourth-order valence-electron chi connectivity index (χ4n) is 3.11. The van der Waals surface area contributed by atoms with Crippen molar-refractivity contribution in [3.63, 3.8) is 0 Å². The summed E-state index contributed by atoms with van der Waals surface area (Å²) in [5.41, 5.74) is 1.61. The third kappa shape index (κ3) is 7.75. The first-order chi connectivity index (χ1) is 15.6. The van der Waals surface area contributed by atoms with Gasteiger partial charge in [-0.2, -0.15) is 0 Å². The number of piperidine rings is 1. The third-order valence-corrected chi connectivity index (χ3v) is 4.71. The number of likely N-dealkylation sites (tertiary alicyclic amines) is 1. The van der Waals surface area contributed by atoms with Gasteiger partial charge in [-0.25, -0.2) is 19.7 Å². The van der Waals surface area contributed by atoms with E-state index in [0.717, 1.165) is 30.4 Å². The zero-order chi connectivity index (χ0) is 22.6. The molecule has 0 radical (unpaired) electrons. The molecular weight excluding hydrogens is 412 g/mol. The van der Waals surface area contributed by atoms with Crippen molar-refractivity contribution in [2.24, 2.45) is 4.99 Å². The molecule has 0 unspecified atom stereocenters. The molecule has 2 aromatic carbocycles. The fourth-order valence-corrected chi connectivity index (χ4v) is 3.11. The van der Waals surface area contributed by atoms with Gasteiger partial charge in [-0.15, -0.1) is 4.99 Å². The summed E-state index contributed by atoms with van der Waals surface area (Å²) in [5.74, 6) is 0.0381. The smallest absolute Gasteiger partial charge is 0.437 e. The van der Waals surface area contributed by atoms with Gasteiger partial charge in [-0.05, 0) is 30.4 Å². The molecule has 0 saturated carbocycles. The number of rotatable bonds is 4. The topological polar surface area (TPSA) is 109 Å². The number of alkyl carbamates (subject to hydrolysis) is 1. The number of nitrogens with zero attached hydrogens (tertiary/aromatic N) is 2. The molecule has 0 aromatic heterocycles. The molecule has 4 amide bonds. The normalized spacial score (nSPS) is 13.8. The zero-order valence-electron chi connectivity index (χ0n) is 17.7. The molecule has 2 N–H and O–H groups in total. The molecule has 3 rings (SSSR count). The highest BCUT2D eigenvalue weighted by Crippen LogP contribution is 2.09. The number of nitrogens with one attached hydrogen (secondary N) is 2. The number of ether oxygens (including phenoxy) is 2. The Morgan fingerprint density at radius 3 is 1.94 bits per heavy atom. The Morgan fingerprint density at radius 2 is 1.34 bits per heavy atom. The second-order valence-corrected chi connectivity index (χ2v) is 7.16. The Labute approximate surface area is 186 Å². The van der Waals surface area contributed by atoms with Gasteiger partial charge in [0.15, 0.2) is 0 Å². The first-order valence-corrected chi connectivity index (χ1v) is 10.4. The van der Waals surface area contributed by atoms with Gasteiger partial charge in [0.05, 0.1) is 0 Å². The lowest BCUT2D eigenvalue weighted by atomic mass is 10.1. The van der Waals surface area contributed by atoms with Gasteiger partial charge in [0.1, 0.15) is 13.2 Å². The highest BCUT2D eigenvalue weighted by Gasteiger charge is 2.20. The minimum atomic E-state index is -0.906. The Hall–Kier alpha value is -3.88. The standard InChI is InChI=1S/C23H26N4O5/c28-21(26-23(30)32-17-19-12-6-2-7-13-19)24-20(27-14-8-3-9-15-27)25-22(29)31-16-18-10-4-1-5-11-18/h1-2,4-7,10-13H,3,8-9,14-17H2,(H2,24,25,26,28,29,30). The second-order valence-electron chi connectivity index (χ2n) is 7.16. The summed E-state index contributed by atoms with van der Waals surface area (Å²) in [6, 6.07) is 17.5. The van der Waals surface area contributed by atoms with E-state index in [0.29, 0.717) is 13.1 Å². The van der Waals surface area contributed by atoms with E-state index in [1.54, 1.807) is 17.0 Å². The molecule has 0 spiro atoms. The summed E-state index contributed by atoms with van der Waals surface area (Å²) in [5, 5.41) is 4.55. The highest BCUT2D eigenvalue weighted by atomic mass is 16.6. The van der Waals surface area contributed by atoms with Crippen LogP contribution in [0.5, 0.6) is 0 Å². The van der Waals surface area contributed by atoms with Crippen LogP contribution in [-0.2, 0) is 22.7 Å². The summed E-state index contributed by atoms with van der Waals surface area (Å²) in [4.78, 5) is 42.1. The number of carbonyl (C=O) groups excluding carboxylic acids is 3. The summed E-state index contributed by atoms with van der Waals surface area (Å²) in [7, 11) is 0. The molecule has 1 aliphatic rings. The van der Waals surface area contributed by atoms with Crippen LogP contribution in [0.25, 0.3) is 0 Å². The number of imide groups is 1. The van der Waals surface area contributed by atoms with Crippen molar-refractivity contribution < 1.29 is 23.9 Å². The zero-order valence-corrected chi connectivity index (χ0v) is 17.7. The van der Waals surface area contributed by atoms with Gasteiger partial charge in [0.2, 0.25) is 5.96 Å². The molecule has 1 heterocycles. The predicted molar refractivity (Wildman–Crippen MR) is 118 cm³/mol. The van der Waals surface area contributed by atoms with E-state index in [-0.39, 0.29) is 19.2 Å². The van der Waals surface area contributed by atoms with Crippen LogP contribution in [0.2, 0.25) is 0 Å². The lowest BCUT2D eigenvalue weighted by molar-refractivity contribution is 0.141. The maximum absolute atomic E-state index is 12.3. The van der Waals surface area contributed by atoms with Crippen molar-refractivity contribution in [1.82, 2.24) is 15.5 Å². The first-order valence-electron chi connectivity index (χ1n) is 10.4. The van der Waals surface area contributed by atoms with E-state index in [2.05, 4.69) is 15.6 Å². The van der Waals surface area contributed by atoms with Gasteiger partial charge >= 0.3 is 18.2 Å². The summed E-state index contributed by atoms with van der Waals surface area (Å²) in [6.45, 7) is 1.35. The molecule has 2 aromatic rings. The molecule has 1 fully saturated rings. The average molecular weight is 438 g/mol. The molecular formula is C23H26N4O5. The molecule has 1 saturated heterocycles. The van der Waals surface area contributed by atoms with E-state index in [1.807, 2.05) is 48.5 Å². The van der Waals surface area contributed by atoms with Crippen molar-refractivity contribution in [3.05, 3.63) is 71.8 Å². The Balaban J connectivity index is 1.55. The van der Waals surface area contributed by atoms with Gasteiger partial charge in [-0.1, -0.05) is 60.7 Å². The number of aliphatic imine (C=N–C) groups is 1. The van der Waals surface area contributed by atoms with Gasteiger partial charge in [0.25, 0.3) is 0 Å². The summed E-state index contributed by atoms with van der Waals surface area (Å²) >= 11 is 0. The van der Waals surface area contributed by atoms with Crippen LogP contribution >= 0.6 is 0 Å². The van der Waals surface area contributed by atoms with Crippen LogP contribution in [0.4, 0.5) is 14.4 Å². The first kappa shape index (κ1) is 22.8. The maximum Gasteiger partial charge on any atom is 0.437 e. The van der Waals surface area contributed by atoms with E-state index in [4.69, 9.17) is 9.47 Å². The molecule has 9 heteroatoms.